The van der Waals surface area contributed by atoms with Crippen LogP contribution in [0.4, 0.5) is 4.39 Å². The van der Waals surface area contributed by atoms with E-state index in [4.69, 9.17) is 4.74 Å². The number of ether oxygens (including phenoxy) is 1. The van der Waals surface area contributed by atoms with Gasteiger partial charge < -0.3 is 10.1 Å². The molecule has 0 bridgehead atoms. The average Bonchev–Trinajstić information content (AvgIpc) is 2.33. The van der Waals surface area contributed by atoms with Crippen LogP contribution >= 0.6 is 0 Å². The second-order valence-electron chi connectivity index (χ2n) is 4.34. The molecule has 0 saturated heterocycles. The van der Waals surface area contributed by atoms with Crippen molar-refractivity contribution in [1.29, 1.82) is 0 Å². The molecule has 0 amide bonds. The summed E-state index contributed by atoms with van der Waals surface area (Å²) in [5.74, 6) is -0.179. The maximum atomic E-state index is 13.1. The molecule has 0 spiro atoms. The second kappa shape index (κ2) is 7.41. The standard InChI is InChI=1S/C14H22FNO/c1-4-8-16-14(11(2)17-3)10-12-6-5-7-13(15)9-12/h5-7,9,11,14,16H,4,8,10H2,1-3H3. The van der Waals surface area contributed by atoms with E-state index in [0.717, 1.165) is 24.9 Å². The van der Waals surface area contributed by atoms with E-state index in [9.17, 15) is 4.39 Å². The van der Waals surface area contributed by atoms with Gasteiger partial charge in [0.25, 0.3) is 0 Å². The number of hydrogen-bond acceptors (Lipinski definition) is 2. The van der Waals surface area contributed by atoms with E-state index < -0.39 is 0 Å². The van der Waals surface area contributed by atoms with Crippen LogP contribution in [0.5, 0.6) is 0 Å². The number of hydrogen-bond donors (Lipinski definition) is 1. The van der Waals surface area contributed by atoms with Gasteiger partial charge in [0.2, 0.25) is 0 Å². The van der Waals surface area contributed by atoms with Gasteiger partial charge >= 0.3 is 0 Å². The quantitative estimate of drug-likeness (QED) is 0.790. The molecule has 0 aromatic heterocycles. The molecule has 0 saturated carbocycles. The molecule has 0 fully saturated rings. The van der Waals surface area contributed by atoms with Gasteiger partial charge in [-0.15, -0.1) is 0 Å². The van der Waals surface area contributed by atoms with Gasteiger partial charge in [0.1, 0.15) is 5.82 Å². The van der Waals surface area contributed by atoms with E-state index in [0.29, 0.717) is 0 Å². The molecule has 2 nitrogen and oxygen atoms in total. The van der Waals surface area contributed by atoms with Crippen molar-refractivity contribution in [1.82, 2.24) is 5.32 Å². The molecule has 0 aliphatic carbocycles. The first-order chi connectivity index (χ1) is 8.17. The Morgan fingerprint density at radius 2 is 2.18 bits per heavy atom. The summed E-state index contributed by atoms with van der Waals surface area (Å²) in [6, 6.07) is 6.98. The highest BCUT2D eigenvalue weighted by Gasteiger charge is 2.16. The summed E-state index contributed by atoms with van der Waals surface area (Å²) in [7, 11) is 1.71. The Labute approximate surface area is 103 Å². The summed E-state index contributed by atoms with van der Waals surface area (Å²) in [5.41, 5.74) is 1.00. The largest absolute Gasteiger partial charge is 0.380 e. The highest BCUT2D eigenvalue weighted by atomic mass is 19.1. The Morgan fingerprint density at radius 3 is 2.76 bits per heavy atom. The fourth-order valence-electron chi connectivity index (χ4n) is 1.82. The molecule has 0 aliphatic heterocycles. The first-order valence-corrected chi connectivity index (χ1v) is 6.18. The van der Waals surface area contributed by atoms with E-state index in [-0.39, 0.29) is 18.0 Å². The number of rotatable bonds is 7. The van der Waals surface area contributed by atoms with E-state index in [1.54, 1.807) is 19.2 Å². The van der Waals surface area contributed by atoms with Crippen molar-refractivity contribution in [2.45, 2.75) is 38.8 Å². The van der Waals surface area contributed by atoms with Gasteiger partial charge in [0.15, 0.2) is 0 Å². The number of halogens is 1. The van der Waals surface area contributed by atoms with Crippen LogP contribution in [-0.4, -0.2) is 25.8 Å². The smallest absolute Gasteiger partial charge is 0.123 e. The summed E-state index contributed by atoms with van der Waals surface area (Å²) in [6.45, 7) is 5.12. The molecular weight excluding hydrogens is 217 g/mol. The third-order valence-electron chi connectivity index (χ3n) is 2.94. The highest BCUT2D eigenvalue weighted by molar-refractivity contribution is 5.17. The van der Waals surface area contributed by atoms with E-state index in [1.165, 1.54) is 6.07 Å². The molecule has 2 unspecified atom stereocenters. The average molecular weight is 239 g/mol. The van der Waals surface area contributed by atoms with Gasteiger partial charge in [-0.3, -0.25) is 0 Å². The summed E-state index contributed by atoms with van der Waals surface area (Å²) >= 11 is 0. The SMILES string of the molecule is CCCNC(Cc1cccc(F)c1)C(C)OC. The molecular formula is C14H22FNO. The maximum absolute atomic E-state index is 13.1. The van der Waals surface area contributed by atoms with Crippen molar-refractivity contribution in [2.75, 3.05) is 13.7 Å². The number of nitrogens with one attached hydrogen (secondary N) is 1. The first-order valence-electron chi connectivity index (χ1n) is 6.18. The monoisotopic (exact) mass is 239 g/mol. The minimum atomic E-state index is -0.179. The third-order valence-corrected chi connectivity index (χ3v) is 2.94. The van der Waals surface area contributed by atoms with Crippen LogP contribution in [0.25, 0.3) is 0 Å². The molecule has 0 aliphatic rings. The van der Waals surface area contributed by atoms with Gasteiger partial charge in [-0.1, -0.05) is 19.1 Å². The topological polar surface area (TPSA) is 21.3 Å². The highest BCUT2D eigenvalue weighted by Crippen LogP contribution is 2.10. The van der Waals surface area contributed by atoms with Crippen LogP contribution in [0.3, 0.4) is 0 Å². The van der Waals surface area contributed by atoms with E-state index in [1.807, 2.05) is 13.0 Å². The Morgan fingerprint density at radius 1 is 1.41 bits per heavy atom. The Bertz CT molecular complexity index is 330. The number of methoxy groups -OCH3 is 1. The molecule has 0 heterocycles. The predicted octanol–water partition coefficient (Wildman–Crippen LogP) is 2.77. The minimum Gasteiger partial charge on any atom is -0.380 e. The molecule has 96 valence electrons. The van der Waals surface area contributed by atoms with Gasteiger partial charge in [-0.05, 0) is 44.0 Å². The zero-order valence-electron chi connectivity index (χ0n) is 10.9. The van der Waals surface area contributed by atoms with Gasteiger partial charge in [-0.2, -0.15) is 0 Å². The van der Waals surface area contributed by atoms with Gasteiger partial charge in [0, 0.05) is 13.2 Å². The molecule has 1 aromatic carbocycles. The summed E-state index contributed by atoms with van der Waals surface area (Å²) in [4.78, 5) is 0. The van der Waals surface area contributed by atoms with Crippen LogP contribution in [0.1, 0.15) is 25.8 Å². The van der Waals surface area contributed by atoms with Crippen molar-refractivity contribution in [3.63, 3.8) is 0 Å². The number of benzene rings is 1. The van der Waals surface area contributed by atoms with Crippen molar-refractivity contribution >= 4 is 0 Å². The minimum absolute atomic E-state index is 0.116. The maximum Gasteiger partial charge on any atom is 0.123 e. The fraction of sp³-hybridized carbons (Fsp3) is 0.571. The van der Waals surface area contributed by atoms with Crippen LogP contribution in [0, 0.1) is 5.82 Å². The molecule has 1 N–H and O–H groups in total. The van der Waals surface area contributed by atoms with E-state index in [2.05, 4.69) is 12.2 Å². The molecule has 0 radical (unpaired) electrons. The zero-order valence-corrected chi connectivity index (χ0v) is 10.9. The first kappa shape index (κ1) is 14.1. The molecule has 17 heavy (non-hydrogen) atoms. The molecule has 1 rings (SSSR count). The molecule has 3 heteroatoms. The van der Waals surface area contributed by atoms with Crippen LogP contribution in [0.2, 0.25) is 0 Å². The summed E-state index contributed by atoms with van der Waals surface area (Å²) < 4.78 is 18.5. The third kappa shape index (κ3) is 4.84. The normalized spacial score (nSPS) is 14.6. The molecule has 2 atom stereocenters. The van der Waals surface area contributed by atoms with Gasteiger partial charge in [-0.25, -0.2) is 4.39 Å². The lowest BCUT2D eigenvalue weighted by atomic mass is 10.0. The van der Waals surface area contributed by atoms with Crippen LogP contribution < -0.4 is 5.32 Å². The fourth-order valence-corrected chi connectivity index (χ4v) is 1.82. The lowest BCUT2D eigenvalue weighted by molar-refractivity contribution is 0.0830. The lowest BCUT2D eigenvalue weighted by Gasteiger charge is -2.24. The van der Waals surface area contributed by atoms with Crippen LogP contribution in [0.15, 0.2) is 24.3 Å². The summed E-state index contributed by atoms with van der Waals surface area (Å²) in [5, 5.41) is 3.44. The van der Waals surface area contributed by atoms with Crippen molar-refractivity contribution < 1.29 is 9.13 Å². The molecule has 1 aromatic rings. The predicted molar refractivity (Wildman–Crippen MR) is 68.7 cm³/mol. The van der Waals surface area contributed by atoms with Crippen LogP contribution in [-0.2, 0) is 11.2 Å². The Kier molecular flexibility index (Phi) is 6.16. The lowest BCUT2D eigenvalue weighted by Crippen LogP contribution is -2.41. The Hall–Kier alpha value is -0.930. The van der Waals surface area contributed by atoms with Crippen molar-refractivity contribution in [3.05, 3.63) is 35.6 Å². The summed E-state index contributed by atoms with van der Waals surface area (Å²) in [6.07, 6.45) is 1.98. The Balaban J connectivity index is 2.64. The van der Waals surface area contributed by atoms with Gasteiger partial charge in [0.05, 0.1) is 6.10 Å². The van der Waals surface area contributed by atoms with Crippen molar-refractivity contribution in [2.24, 2.45) is 0 Å². The van der Waals surface area contributed by atoms with E-state index >= 15 is 0 Å². The second-order valence-corrected chi connectivity index (χ2v) is 4.34. The van der Waals surface area contributed by atoms with Crippen molar-refractivity contribution in [3.8, 4) is 0 Å². The zero-order chi connectivity index (χ0) is 12.7.